The van der Waals surface area contributed by atoms with E-state index >= 15 is 4.39 Å². The van der Waals surface area contributed by atoms with Crippen LogP contribution in [0, 0.1) is 28.0 Å². The summed E-state index contributed by atoms with van der Waals surface area (Å²) in [6, 6.07) is 11.5. The van der Waals surface area contributed by atoms with Crippen molar-refractivity contribution in [2.24, 2.45) is 10.8 Å². The Hall–Kier alpha value is -5.84. The number of alkyl halides is 3. The van der Waals surface area contributed by atoms with Crippen LogP contribution in [0.15, 0.2) is 53.4 Å². The first-order chi connectivity index (χ1) is 31.3. The molecular weight excluding hydrogens is 883 g/mol. The largest absolute Gasteiger partial charge is 0.493 e. The molecule has 5 amide bonds. The van der Waals surface area contributed by atoms with Gasteiger partial charge in [-0.3, -0.25) is 44.0 Å². The minimum Gasteiger partial charge on any atom is -0.493 e. The summed E-state index contributed by atoms with van der Waals surface area (Å²) in [6.45, 7) is 6.47. The average Bonchev–Trinajstić information content (AvgIpc) is 3.66. The number of thiol groups is 1. The first-order valence-corrected chi connectivity index (χ1v) is 23.5. The molecule has 0 aromatic heterocycles. The fourth-order valence-electron chi connectivity index (χ4n) is 11.2. The van der Waals surface area contributed by atoms with E-state index in [4.69, 9.17) is 4.74 Å². The van der Waals surface area contributed by atoms with Crippen molar-refractivity contribution in [3.05, 3.63) is 87.7 Å². The molecular formula is C47H47F4N7O7S. The van der Waals surface area contributed by atoms with Crippen molar-refractivity contribution in [3.8, 4) is 11.8 Å². The zero-order valence-electron chi connectivity index (χ0n) is 36.2. The number of nitrogens with zero attached hydrogens (tertiary/aromatic N) is 5. The Kier molecular flexibility index (Phi) is 10.4. The second kappa shape index (κ2) is 15.6. The number of nitriles is 1. The van der Waals surface area contributed by atoms with Crippen molar-refractivity contribution in [1.82, 2.24) is 24.8 Å². The normalized spacial score (nSPS) is 25.3. The van der Waals surface area contributed by atoms with Gasteiger partial charge in [-0.15, -0.1) is 0 Å². The van der Waals surface area contributed by atoms with Gasteiger partial charge in [-0.05, 0) is 132 Å². The molecule has 3 aromatic carbocycles. The van der Waals surface area contributed by atoms with Crippen LogP contribution in [0.3, 0.4) is 0 Å². The van der Waals surface area contributed by atoms with Crippen LogP contribution < -0.4 is 19.9 Å². The van der Waals surface area contributed by atoms with Crippen molar-refractivity contribution in [1.29, 1.82) is 5.26 Å². The Labute approximate surface area is 380 Å². The van der Waals surface area contributed by atoms with Crippen LogP contribution in [-0.4, -0.2) is 99.8 Å². The molecule has 4 saturated heterocycles. The molecule has 5 fully saturated rings. The fraction of sp³-hybridized carbons (Fsp3) is 0.468. The molecule has 14 nitrogen and oxygen atoms in total. The molecule has 6 aliphatic heterocycles. The molecule has 0 radical (unpaired) electrons. The lowest BCUT2D eigenvalue weighted by Gasteiger charge is -2.55. The number of amides is 5. The van der Waals surface area contributed by atoms with Crippen LogP contribution >= 0.6 is 11.1 Å². The summed E-state index contributed by atoms with van der Waals surface area (Å²) in [4.78, 5) is 86.5. The van der Waals surface area contributed by atoms with Crippen LogP contribution in [0.25, 0.3) is 0 Å². The lowest BCUT2D eigenvalue weighted by Crippen LogP contribution is -2.61. The van der Waals surface area contributed by atoms with Crippen molar-refractivity contribution < 1.29 is 51.1 Å². The second-order valence-electron chi connectivity index (χ2n) is 19.5. The van der Waals surface area contributed by atoms with E-state index in [1.54, 1.807) is 36.9 Å². The van der Waals surface area contributed by atoms with Gasteiger partial charge in [0.05, 0.1) is 46.2 Å². The molecule has 1 saturated carbocycles. The maximum Gasteiger partial charge on any atom is 0.417 e. The quantitative estimate of drug-likeness (QED) is 0.160. The standard InChI is InChI=1S/C47H47F4N7O7S/c1-44(2)43(64)66(30-5-3-26(22-52)34(19-30)47(49,50)51)54-58(44)29-4-6-31(35(48)18-29)40(61)56-23-46(24-56)11-9-28(10-12-46)55-15-13-45(14-16-55)21-27-17-32-33(20-37(27)65-25-45)42(63)57(41(32)62)36-7-8-38(59)53-39(36)60/h3-6,17-20,28,36,54,66H,7-16,21,23-25H2,1-2H3,(H,53,59,60). The Bertz CT molecular complexity index is 2680. The number of rotatable bonds is 5. The lowest BCUT2D eigenvalue weighted by molar-refractivity contribution is -0.138. The van der Waals surface area contributed by atoms with Gasteiger partial charge in [-0.2, -0.15) is 23.3 Å². The third-order valence-electron chi connectivity index (χ3n) is 15.1. The summed E-state index contributed by atoms with van der Waals surface area (Å²) in [5, 5.41) is 12.5. The van der Waals surface area contributed by atoms with Crippen LogP contribution in [0.4, 0.5) is 23.2 Å². The summed E-state index contributed by atoms with van der Waals surface area (Å²) in [7, 11) is 0. The average molecular weight is 930 g/mol. The highest BCUT2D eigenvalue weighted by Crippen LogP contribution is 2.50. The van der Waals surface area contributed by atoms with Gasteiger partial charge >= 0.3 is 6.18 Å². The van der Waals surface area contributed by atoms with E-state index in [2.05, 4.69) is 15.0 Å². The lowest BCUT2D eigenvalue weighted by atomic mass is 9.66. The third-order valence-corrected chi connectivity index (χ3v) is 17.2. The topological polar surface area (TPSA) is 172 Å². The number of fused-ring (bicyclic) bond motifs is 2. The number of benzene rings is 3. The molecule has 2 atom stereocenters. The molecule has 2 spiro atoms. The number of ether oxygens (including phenoxy) is 1. The highest BCUT2D eigenvalue weighted by molar-refractivity contribution is 8.28. The highest BCUT2D eigenvalue weighted by Gasteiger charge is 2.51. The summed E-state index contributed by atoms with van der Waals surface area (Å²) < 4.78 is 63.3. The number of hydrogen-bond acceptors (Lipinski definition) is 11. The van der Waals surface area contributed by atoms with Gasteiger partial charge in [0.15, 0.2) is 0 Å². The van der Waals surface area contributed by atoms with Crippen molar-refractivity contribution in [3.63, 3.8) is 0 Å². The fourth-order valence-corrected chi connectivity index (χ4v) is 13.3. The molecule has 7 aliphatic rings. The molecule has 2 N–H and O–H groups in total. The molecule has 0 bridgehead atoms. The van der Waals surface area contributed by atoms with Crippen LogP contribution in [0.2, 0.25) is 0 Å². The predicted octanol–water partition coefficient (Wildman–Crippen LogP) is 5.82. The molecule has 346 valence electrons. The van der Waals surface area contributed by atoms with E-state index in [1.165, 1.54) is 23.2 Å². The van der Waals surface area contributed by atoms with E-state index in [0.717, 1.165) is 80.3 Å². The molecule has 19 heteroatoms. The van der Waals surface area contributed by atoms with Gasteiger partial charge in [0.1, 0.15) is 23.1 Å². The molecule has 3 aromatic rings. The number of carbonyl (C=O) groups excluding carboxylic acids is 6. The molecule has 6 heterocycles. The van der Waals surface area contributed by atoms with Crippen molar-refractivity contribution in [2.75, 3.05) is 37.8 Å². The smallest absolute Gasteiger partial charge is 0.417 e. The minimum atomic E-state index is -4.80. The maximum atomic E-state index is 15.8. The van der Waals surface area contributed by atoms with Crippen molar-refractivity contribution >= 4 is 51.4 Å². The van der Waals surface area contributed by atoms with Gasteiger partial charge in [-0.1, -0.05) is 11.1 Å². The van der Waals surface area contributed by atoms with E-state index in [-0.39, 0.29) is 50.9 Å². The number of hydrazine groups is 1. The van der Waals surface area contributed by atoms with Crippen LogP contribution in [0.5, 0.6) is 5.75 Å². The van der Waals surface area contributed by atoms with Crippen molar-refractivity contribution in [2.45, 2.75) is 100 Å². The zero-order valence-corrected chi connectivity index (χ0v) is 37.1. The number of anilines is 1. The first-order valence-electron chi connectivity index (χ1n) is 22.2. The Morgan fingerprint density at radius 1 is 0.894 bits per heavy atom. The van der Waals surface area contributed by atoms with Crippen LogP contribution in [0.1, 0.15) is 113 Å². The number of hydrogen-bond donors (Lipinski definition) is 3. The number of likely N-dealkylation sites (tertiary alicyclic amines) is 2. The number of halogens is 4. The number of nitrogens with one attached hydrogen (secondary N) is 2. The highest BCUT2D eigenvalue weighted by atomic mass is 32.2. The second-order valence-corrected chi connectivity index (χ2v) is 21.3. The Morgan fingerprint density at radius 3 is 2.24 bits per heavy atom. The maximum absolute atomic E-state index is 15.8. The Morgan fingerprint density at radius 2 is 1.59 bits per heavy atom. The monoisotopic (exact) mass is 929 g/mol. The van der Waals surface area contributed by atoms with Crippen LogP contribution in [-0.2, 0) is 27.0 Å². The van der Waals surface area contributed by atoms with Gasteiger partial charge in [-0.25, -0.2) is 4.39 Å². The molecule has 1 aliphatic carbocycles. The summed E-state index contributed by atoms with van der Waals surface area (Å²) in [6.07, 6.45) is 1.66. The van der Waals surface area contributed by atoms with E-state index in [9.17, 15) is 47.2 Å². The molecule has 10 rings (SSSR count). The predicted molar refractivity (Wildman–Crippen MR) is 231 cm³/mol. The number of piperidine rings is 2. The number of imide groups is 2. The summed E-state index contributed by atoms with van der Waals surface area (Å²) in [5.41, 5.74) is -1.67. The Balaban J connectivity index is 0.723. The molecule has 2 unspecified atom stereocenters. The SMILES string of the molecule is CC1(C)C(=O)[SH](c2ccc(C#N)c(C(F)(F)F)c2)NN1c1ccc(C(=O)N2CC3(CCC(N4CCC5(CC4)COc4cc6c(cc4C5)C(=O)N(C4CCC(=O)NC4=O)C6=O)CC3)C2)c(F)c1. The minimum absolute atomic E-state index is 0.0359. The van der Waals surface area contributed by atoms with E-state index in [0.29, 0.717) is 37.9 Å². The van der Waals surface area contributed by atoms with Gasteiger partial charge in [0.25, 0.3) is 17.7 Å². The summed E-state index contributed by atoms with van der Waals surface area (Å²) >= 11 is -2.02. The third kappa shape index (κ3) is 7.23. The van der Waals surface area contributed by atoms with Gasteiger partial charge in [0.2, 0.25) is 16.9 Å². The number of carbonyl (C=O) groups is 6. The first kappa shape index (κ1) is 44.0. The van der Waals surface area contributed by atoms with Gasteiger partial charge < -0.3 is 14.5 Å². The van der Waals surface area contributed by atoms with Gasteiger partial charge in [0, 0.05) is 41.3 Å². The zero-order chi connectivity index (χ0) is 46.7. The molecule has 66 heavy (non-hydrogen) atoms. The summed E-state index contributed by atoms with van der Waals surface area (Å²) in [5.74, 6) is -2.80. The van der Waals surface area contributed by atoms with E-state index < -0.39 is 80.4 Å². The van der Waals surface area contributed by atoms with E-state index in [1.807, 2.05) is 0 Å².